The van der Waals surface area contributed by atoms with E-state index in [0.717, 1.165) is 42.9 Å². The molecule has 0 unspecified atom stereocenters. The van der Waals surface area contributed by atoms with Crippen molar-refractivity contribution in [3.05, 3.63) is 0 Å². The number of rotatable bonds is 2. The molecule has 4 aliphatic rings. The highest BCUT2D eigenvalue weighted by Crippen LogP contribution is 2.67. The lowest BCUT2D eigenvalue weighted by Gasteiger charge is -2.60. The lowest BCUT2D eigenvalue weighted by Crippen LogP contribution is -2.53. The van der Waals surface area contributed by atoms with Crippen LogP contribution in [0.5, 0.6) is 0 Å². The van der Waals surface area contributed by atoms with Gasteiger partial charge in [0.1, 0.15) is 12.9 Å². The summed E-state index contributed by atoms with van der Waals surface area (Å²) in [6.07, 6.45) is 11.3. The Labute approximate surface area is 153 Å². The van der Waals surface area contributed by atoms with Crippen molar-refractivity contribution in [1.29, 1.82) is 0 Å². The summed E-state index contributed by atoms with van der Waals surface area (Å²) in [4.78, 5) is 17.3. The van der Waals surface area contributed by atoms with Gasteiger partial charge in [-0.2, -0.15) is 0 Å². The number of oxime groups is 1. The van der Waals surface area contributed by atoms with Gasteiger partial charge in [-0.3, -0.25) is 4.79 Å². The average molecular weight is 346 g/mol. The van der Waals surface area contributed by atoms with E-state index in [1.807, 2.05) is 6.92 Å². The Morgan fingerprint density at radius 3 is 2.52 bits per heavy atom. The molecule has 4 aliphatic carbocycles. The maximum absolute atomic E-state index is 12.2. The van der Waals surface area contributed by atoms with Gasteiger partial charge >= 0.3 is 0 Å². The molecule has 0 bridgehead atoms. The van der Waals surface area contributed by atoms with E-state index in [2.05, 4.69) is 19.0 Å². The van der Waals surface area contributed by atoms with Gasteiger partial charge in [0.15, 0.2) is 0 Å². The zero-order valence-electron chi connectivity index (χ0n) is 16.5. The number of nitrogens with zero attached hydrogens (tertiary/aromatic N) is 1. The highest BCUT2D eigenvalue weighted by atomic mass is 16.6. The van der Waals surface area contributed by atoms with Crippen LogP contribution in [0, 0.1) is 40.4 Å². The summed E-state index contributed by atoms with van der Waals surface area (Å²) >= 11 is 0. The Kier molecular flexibility index (Phi) is 4.28. The van der Waals surface area contributed by atoms with Crippen LogP contribution in [-0.2, 0) is 9.63 Å². The van der Waals surface area contributed by atoms with E-state index in [1.165, 1.54) is 44.2 Å². The largest absolute Gasteiger partial charge is 0.399 e. The molecule has 140 valence electrons. The standard InChI is InChI=1S/C22H35NO2/c1-14(24)18-7-8-19-17-6-5-15-13-16(23-25-4)9-11-21(15,2)20(17)10-12-22(18,19)3/h15,17-20H,5-13H2,1-4H3/t15-,17-,18+,19-,20-,21-,22+/m0/s1. The molecule has 0 spiro atoms. The number of carbonyl (C=O) groups is 1. The van der Waals surface area contributed by atoms with Gasteiger partial charge in [-0.15, -0.1) is 0 Å². The van der Waals surface area contributed by atoms with Crippen LogP contribution in [0.4, 0.5) is 0 Å². The van der Waals surface area contributed by atoms with Crippen LogP contribution in [0.1, 0.15) is 78.6 Å². The van der Waals surface area contributed by atoms with Crippen LogP contribution in [-0.4, -0.2) is 18.6 Å². The van der Waals surface area contributed by atoms with Crippen molar-refractivity contribution < 1.29 is 9.63 Å². The van der Waals surface area contributed by atoms with E-state index in [4.69, 9.17) is 4.84 Å². The number of ketones is 1. The Bertz CT molecular complexity index is 585. The topological polar surface area (TPSA) is 38.7 Å². The van der Waals surface area contributed by atoms with Gasteiger partial charge in [-0.05, 0) is 99.2 Å². The van der Waals surface area contributed by atoms with Gasteiger partial charge in [0.25, 0.3) is 0 Å². The van der Waals surface area contributed by atoms with Gasteiger partial charge in [0.05, 0.1) is 5.71 Å². The fraction of sp³-hybridized carbons (Fsp3) is 0.909. The quantitative estimate of drug-likeness (QED) is 0.642. The second kappa shape index (κ2) is 6.09. The first-order chi connectivity index (χ1) is 11.9. The number of carbonyl (C=O) groups excluding carboxylic acids is 1. The monoisotopic (exact) mass is 345 g/mol. The van der Waals surface area contributed by atoms with Crippen molar-refractivity contribution in [3.8, 4) is 0 Å². The van der Waals surface area contributed by atoms with Gasteiger partial charge < -0.3 is 4.84 Å². The fourth-order valence-corrected chi connectivity index (χ4v) is 7.94. The zero-order chi connectivity index (χ0) is 17.8. The number of Topliss-reactive ketones (excluding diaryl/α,β-unsaturated/α-hetero) is 1. The summed E-state index contributed by atoms with van der Waals surface area (Å²) < 4.78 is 0. The maximum atomic E-state index is 12.2. The molecule has 3 heteroatoms. The molecule has 7 atom stereocenters. The first kappa shape index (κ1) is 17.5. The third-order valence-electron chi connectivity index (χ3n) is 9.21. The molecule has 4 rings (SSSR count). The molecule has 0 aliphatic heterocycles. The summed E-state index contributed by atoms with van der Waals surface area (Å²) in [5.74, 6) is 4.05. The SMILES string of the molecule is CON=C1CC[C@@]2(C)[C@@H](CC[C@@H]3[C@@H]2CC[C@]2(C)[C@@H](C(C)=O)CC[C@@H]32)C1. The second-order valence-corrected chi connectivity index (χ2v) is 9.99. The van der Waals surface area contributed by atoms with Gasteiger partial charge in [-0.1, -0.05) is 19.0 Å². The van der Waals surface area contributed by atoms with Gasteiger partial charge in [0.2, 0.25) is 0 Å². The average Bonchev–Trinajstić information content (AvgIpc) is 2.93. The van der Waals surface area contributed by atoms with Crippen LogP contribution >= 0.6 is 0 Å². The first-order valence-electron chi connectivity index (χ1n) is 10.5. The molecule has 25 heavy (non-hydrogen) atoms. The predicted molar refractivity (Wildman–Crippen MR) is 100 cm³/mol. The number of hydrogen-bond donors (Lipinski definition) is 0. The van der Waals surface area contributed by atoms with Crippen molar-refractivity contribution in [1.82, 2.24) is 0 Å². The smallest absolute Gasteiger partial charge is 0.133 e. The van der Waals surface area contributed by atoms with E-state index < -0.39 is 0 Å². The molecule has 0 aromatic rings. The van der Waals surface area contributed by atoms with Crippen molar-refractivity contribution in [3.63, 3.8) is 0 Å². The van der Waals surface area contributed by atoms with E-state index in [-0.39, 0.29) is 5.41 Å². The molecule has 0 aromatic heterocycles. The van der Waals surface area contributed by atoms with E-state index in [9.17, 15) is 4.79 Å². The lowest BCUT2D eigenvalue weighted by molar-refractivity contribution is -0.131. The number of fused-ring (bicyclic) bond motifs is 5. The molecule has 0 amide bonds. The van der Waals surface area contributed by atoms with Gasteiger partial charge in [-0.25, -0.2) is 0 Å². The molecule has 3 nitrogen and oxygen atoms in total. The minimum absolute atomic E-state index is 0.285. The molecule has 0 aromatic carbocycles. The summed E-state index contributed by atoms with van der Waals surface area (Å²) in [6, 6.07) is 0. The molecular formula is C22H35NO2. The fourth-order valence-electron chi connectivity index (χ4n) is 7.94. The summed E-state index contributed by atoms with van der Waals surface area (Å²) in [5, 5.41) is 4.28. The minimum atomic E-state index is 0.285. The lowest BCUT2D eigenvalue weighted by atomic mass is 9.44. The molecular weight excluding hydrogens is 310 g/mol. The highest BCUT2D eigenvalue weighted by molar-refractivity contribution is 5.85. The zero-order valence-corrected chi connectivity index (χ0v) is 16.5. The van der Waals surface area contributed by atoms with Crippen LogP contribution in [0.25, 0.3) is 0 Å². The molecule has 4 fully saturated rings. The van der Waals surface area contributed by atoms with Crippen LogP contribution in [0.2, 0.25) is 0 Å². The summed E-state index contributed by atoms with van der Waals surface area (Å²) in [7, 11) is 1.67. The van der Waals surface area contributed by atoms with Crippen molar-refractivity contribution in [2.45, 2.75) is 78.6 Å². The van der Waals surface area contributed by atoms with Crippen LogP contribution < -0.4 is 0 Å². The molecule has 0 N–H and O–H groups in total. The van der Waals surface area contributed by atoms with E-state index in [1.54, 1.807) is 7.11 Å². The molecule has 0 saturated heterocycles. The predicted octanol–water partition coefficient (Wildman–Crippen LogP) is 5.24. The van der Waals surface area contributed by atoms with Gasteiger partial charge in [0, 0.05) is 5.92 Å². The molecule has 0 radical (unpaired) electrons. The normalized spacial score (nSPS) is 50.7. The Hall–Kier alpha value is -0.860. The third-order valence-corrected chi connectivity index (χ3v) is 9.21. The highest BCUT2D eigenvalue weighted by Gasteiger charge is 2.60. The van der Waals surface area contributed by atoms with Crippen molar-refractivity contribution >= 4 is 11.5 Å². The third kappa shape index (κ3) is 2.51. The second-order valence-electron chi connectivity index (χ2n) is 9.99. The van der Waals surface area contributed by atoms with Crippen molar-refractivity contribution in [2.24, 2.45) is 45.6 Å². The van der Waals surface area contributed by atoms with Crippen LogP contribution in [0.3, 0.4) is 0 Å². The number of hydrogen-bond acceptors (Lipinski definition) is 3. The minimum Gasteiger partial charge on any atom is -0.399 e. The van der Waals surface area contributed by atoms with E-state index >= 15 is 0 Å². The molecule has 4 saturated carbocycles. The summed E-state index contributed by atoms with van der Waals surface area (Å²) in [6.45, 7) is 6.87. The summed E-state index contributed by atoms with van der Waals surface area (Å²) in [5.41, 5.74) is 2.04. The Morgan fingerprint density at radius 1 is 1.04 bits per heavy atom. The van der Waals surface area contributed by atoms with E-state index in [0.29, 0.717) is 17.1 Å². The molecule has 0 heterocycles. The maximum Gasteiger partial charge on any atom is 0.133 e. The van der Waals surface area contributed by atoms with Crippen molar-refractivity contribution in [2.75, 3.05) is 7.11 Å². The van der Waals surface area contributed by atoms with Crippen LogP contribution in [0.15, 0.2) is 5.16 Å². The Balaban J connectivity index is 1.58. The first-order valence-corrected chi connectivity index (χ1v) is 10.5. The Morgan fingerprint density at radius 2 is 1.80 bits per heavy atom.